The summed E-state index contributed by atoms with van der Waals surface area (Å²) >= 11 is 0. The highest BCUT2D eigenvalue weighted by Gasteiger charge is 2.26. The first-order chi connectivity index (χ1) is 13.1. The second-order valence-electron chi connectivity index (χ2n) is 6.23. The molecule has 3 heterocycles. The number of imidazole rings is 1. The fourth-order valence-electron chi connectivity index (χ4n) is 3.21. The van der Waals surface area contributed by atoms with Crippen LogP contribution >= 0.6 is 0 Å². The molecule has 0 aliphatic heterocycles. The van der Waals surface area contributed by atoms with Crippen molar-refractivity contribution in [2.75, 3.05) is 0 Å². The van der Waals surface area contributed by atoms with Gasteiger partial charge in [0.2, 0.25) is 5.88 Å². The van der Waals surface area contributed by atoms with Crippen LogP contribution in [0.3, 0.4) is 0 Å². The molecule has 0 saturated heterocycles. The van der Waals surface area contributed by atoms with Crippen molar-refractivity contribution in [3.8, 4) is 40.0 Å². The van der Waals surface area contributed by atoms with Gasteiger partial charge in [0.15, 0.2) is 11.5 Å². The van der Waals surface area contributed by atoms with Crippen LogP contribution in [-0.2, 0) is 13.1 Å². The number of aromatic nitrogens is 3. The zero-order valence-corrected chi connectivity index (χ0v) is 14.5. The van der Waals surface area contributed by atoms with Gasteiger partial charge in [-0.2, -0.15) is 0 Å². The number of hydrogen-bond donors (Lipinski definition) is 3. The summed E-state index contributed by atoms with van der Waals surface area (Å²) < 4.78 is 9.16. The van der Waals surface area contributed by atoms with E-state index < -0.39 is 0 Å². The van der Waals surface area contributed by atoms with Crippen molar-refractivity contribution in [3.63, 3.8) is 0 Å². The van der Waals surface area contributed by atoms with E-state index in [1.54, 1.807) is 47.6 Å². The largest absolute Gasteiger partial charge is 0.508 e. The van der Waals surface area contributed by atoms with Crippen LogP contribution in [0.15, 0.2) is 65.8 Å². The molecule has 4 rings (SSSR count). The molecule has 4 aromatic rings. The number of benzene rings is 1. The molecular weight excluding hydrogens is 346 g/mol. The Morgan fingerprint density at radius 3 is 2.48 bits per heavy atom. The second-order valence-corrected chi connectivity index (χ2v) is 6.23. The summed E-state index contributed by atoms with van der Waals surface area (Å²) in [6.07, 6.45) is 7.61. The van der Waals surface area contributed by atoms with Crippen LogP contribution in [0.2, 0.25) is 0 Å². The minimum absolute atomic E-state index is 0.127. The molecule has 0 aliphatic rings. The summed E-state index contributed by atoms with van der Waals surface area (Å²) in [5.41, 5.74) is 1.72. The predicted molar refractivity (Wildman–Crippen MR) is 99.4 cm³/mol. The van der Waals surface area contributed by atoms with Crippen LogP contribution in [0.5, 0.6) is 17.4 Å². The Kier molecular flexibility index (Phi) is 4.33. The number of nitrogens with zero attached hydrogens (tertiary/aromatic N) is 3. The third-order valence-corrected chi connectivity index (χ3v) is 4.48. The lowest BCUT2D eigenvalue weighted by molar-refractivity contribution is 0.368. The first-order valence-electron chi connectivity index (χ1n) is 8.58. The summed E-state index contributed by atoms with van der Waals surface area (Å²) in [5.74, 6) is 0.239. The molecule has 0 atom stereocenters. The maximum atomic E-state index is 10.6. The van der Waals surface area contributed by atoms with Crippen molar-refractivity contribution < 1.29 is 19.7 Å². The molecule has 3 aromatic heterocycles. The molecule has 0 saturated carbocycles. The Morgan fingerprint density at radius 1 is 1.00 bits per heavy atom. The zero-order chi connectivity index (χ0) is 18.8. The van der Waals surface area contributed by atoms with Gasteiger partial charge in [-0.3, -0.25) is 0 Å². The van der Waals surface area contributed by atoms with Gasteiger partial charge in [-0.15, -0.1) is 0 Å². The SMILES string of the molecule is Oc1ccc(-c2c(O)c(O)n(CCCn3ccnc3)c2-c2ccco2)cc1. The van der Waals surface area contributed by atoms with Crippen LogP contribution in [0.1, 0.15) is 6.42 Å². The third-order valence-electron chi connectivity index (χ3n) is 4.48. The molecule has 0 spiro atoms. The lowest BCUT2D eigenvalue weighted by Gasteiger charge is -2.10. The molecule has 1 aromatic carbocycles. The van der Waals surface area contributed by atoms with Gasteiger partial charge in [-0.1, -0.05) is 12.1 Å². The highest BCUT2D eigenvalue weighted by Crippen LogP contribution is 2.47. The molecule has 0 bridgehead atoms. The van der Waals surface area contributed by atoms with Crippen molar-refractivity contribution >= 4 is 0 Å². The minimum atomic E-state index is -0.213. The number of aromatic hydroxyl groups is 3. The Labute approximate surface area is 155 Å². The number of rotatable bonds is 6. The standard InChI is InChI=1S/C20H19N3O4/c24-15-6-4-14(5-7-15)17-18(16-3-1-12-27-16)23(20(26)19(17)25)10-2-9-22-11-8-21-13-22/h1,3-8,11-13,24-26H,2,9-10H2. The third kappa shape index (κ3) is 3.15. The van der Waals surface area contributed by atoms with Gasteiger partial charge in [0.25, 0.3) is 0 Å². The van der Waals surface area contributed by atoms with Gasteiger partial charge in [0.1, 0.15) is 5.75 Å². The van der Waals surface area contributed by atoms with Gasteiger partial charge >= 0.3 is 0 Å². The van der Waals surface area contributed by atoms with Crippen LogP contribution in [0.4, 0.5) is 0 Å². The Hall–Kier alpha value is -3.61. The van der Waals surface area contributed by atoms with Crippen molar-refractivity contribution in [1.82, 2.24) is 14.1 Å². The van der Waals surface area contributed by atoms with Crippen LogP contribution < -0.4 is 0 Å². The summed E-state index contributed by atoms with van der Waals surface area (Å²) in [6.45, 7) is 1.20. The van der Waals surface area contributed by atoms with E-state index in [0.717, 1.165) is 13.0 Å². The van der Waals surface area contributed by atoms with Gasteiger partial charge < -0.3 is 28.9 Å². The Balaban J connectivity index is 1.76. The molecule has 0 unspecified atom stereocenters. The fraction of sp³-hybridized carbons (Fsp3) is 0.150. The first kappa shape index (κ1) is 16.8. The number of phenols is 1. The van der Waals surface area contributed by atoms with E-state index in [1.165, 1.54) is 12.1 Å². The molecule has 27 heavy (non-hydrogen) atoms. The molecule has 7 nitrogen and oxygen atoms in total. The fourth-order valence-corrected chi connectivity index (χ4v) is 3.21. The van der Waals surface area contributed by atoms with E-state index in [0.29, 0.717) is 29.1 Å². The smallest absolute Gasteiger partial charge is 0.235 e. The van der Waals surface area contributed by atoms with E-state index in [2.05, 4.69) is 4.98 Å². The number of hydrogen-bond acceptors (Lipinski definition) is 5. The van der Waals surface area contributed by atoms with Crippen molar-refractivity contribution in [2.24, 2.45) is 0 Å². The average molecular weight is 365 g/mol. The average Bonchev–Trinajstić information content (AvgIpc) is 3.41. The zero-order valence-electron chi connectivity index (χ0n) is 14.5. The lowest BCUT2D eigenvalue weighted by Crippen LogP contribution is -2.04. The van der Waals surface area contributed by atoms with Gasteiger partial charge in [-0.05, 0) is 36.2 Å². The predicted octanol–water partition coefficient (Wildman–Crippen LogP) is 3.82. The highest BCUT2D eigenvalue weighted by atomic mass is 16.3. The molecule has 0 fully saturated rings. The van der Waals surface area contributed by atoms with E-state index in [-0.39, 0.29) is 17.4 Å². The van der Waals surface area contributed by atoms with Crippen LogP contribution in [-0.4, -0.2) is 29.4 Å². The number of phenolic OH excluding ortho intramolecular Hbond substituents is 1. The molecule has 0 amide bonds. The monoisotopic (exact) mass is 365 g/mol. The van der Waals surface area contributed by atoms with Gasteiger partial charge in [-0.25, -0.2) is 4.98 Å². The van der Waals surface area contributed by atoms with E-state index >= 15 is 0 Å². The number of furan rings is 1. The summed E-state index contributed by atoms with van der Waals surface area (Å²) in [7, 11) is 0. The molecule has 0 aliphatic carbocycles. The lowest BCUT2D eigenvalue weighted by atomic mass is 10.0. The number of aryl methyl sites for hydroxylation is 1. The van der Waals surface area contributed by atoms with Crippen molar-refractivity contribution in [1.29, 1.82) is 0 Å². The summed E-state index contributed by atoms with van der Waals surface area (Å²) in [6, 6.07) is 9.98. The quantitative estimate of drug-likeness (QED) is 0.483. The molecule has 138 valence electrons. The minimum Gasteiger partial charge on any atom is -0.508 e. The van der Waals surface area contributed by atoms with E-state index in [1.807, 2.05) is 10.8 Å². The van der Waals surface area contributed by atoms with Crippen LogP contribution in [0.25, 0.3) is 22.6 Å². The Morgan fingerprint density at radius 2 is 1.81 bits per heavy atom. The van der Waals surface area contributed by atoms with Gasteiger partial charge in [0.05, 0.1) is 23.8 Å². The maximum Gasteiger partial charge on any atom is 0.235 e. The highest BCUT2D eigenvalue weighted by molar-refractivity contribution is 5.87. The van der Waals surface area contributed by atoms with Crippen molar-refractivity contribution in [3.05, 3.63) is 61.4 Å². The molecule has 0 radical (unpaired) electrons. The topological polar surface area (TPSA) is 96.6 Å². The van der Waals surface area contributed by atoms with E-state index in [9.17, 15) is 15.3 Å². The van der Waals surface area contributed by atoms with Crippen molar-refractivity contribution in [2.45, 2.75) is 19.5 Å². The maximum absolute atomic E-state index is 10.6. The van der Waals surface area contributed by atoms with Crippen LogP contribution in [0, 0.1) is 0 Å². The normalized spacial score (nSPS) is 11.1. The molecule has 3 N–H and O–H groups in total. The summed E-state index contributed by atoms with van der Waals surface area (Å²) in [5, 5.41) is 30.7. The van der Waals surface area contributed by atoms with E-state index in [4.69, 9.17) is 4.42 Å². The van der Waals surface area contributed by atoms with Gasteiger partial charge in [0, 0.05) is 25.5 Å². The first-order valence-corrected chi connectivity index (χ1v) is 8.58. The summed E-state index contributed by atoms with van der Waals surface area (Å²) in [4.78, 5) is 4.02. The molecular formula is C20H19N3O4. The second kappa shape index (κ2) is 6.95. The molecule has 7 heteroatoms. The Bertz CT molecular complexity index is 1020.